The Hall–Kier alpha value is -1.59. The molecule has 1 saturated carbocycles. The molecule has 2 atom stereocenters. The van der Waals surface area contributed by atoms with Gasteiger partial charge in [0, 0.05) is 25.6 Å². The Bertz CT molecular complexity index is 580. The summed E-state index contributed by atoms with van der Waals surface area (Å²) in [6.07, 6.45) is 7.07. The number of rotatable bonds is 7. The smallest absolute Gasteiger partial charge is 0.191 e. The topological polar surface area (TPSA) is 59.9 Å². The van der Waals surface area contributed by atoms with Gasteiger partial charge in [0.05, 0.1) is 12.6 Å². The van der Waals surface area contributed by atoms with Gasteiger partial charge < -0.3 is 15.7 Å². The lowest BCUT2D eigenvalue weighted by molar-refractivity contribution is 0.134. The quantitative estimate of drug-likeness (QED) is 0.509. The summed E-state index contributed by atoms with van der Waals surface area (Å²) in [4.78, 5) is 7.27. The van der Waals surface area contributed by atoms with Crippen LogP contribution in [-0.4, -0.2) is 48.2 Å². The van der Waals surface area contributed by atoms with Gasteiger partial charge in [0.25, 0.3) is 0 Å². The summed E-state index contributed by atoms with van der Waals surface area (Å²) in [6.45, 7) is 7.93. The standard InChI is InChI=1S/C22H36N4O/c1-2-23-22(25-16-20-7-6-8-21(20)27)24-15-18-9-11-19(12-10-18)17-26-13-4-3-5-14-26/h9-12,20-21,27H,2-8,13-17H2,1H3,(H2,23,24,25). The minimum Gasteiger partial charge on any atom is -0.393 e. The second kappa shape index (κ2) is 10.7. The molecule has 5 nitrogen and oxygen atoms in total. The van der Waals surface area contributed by atoms with Gasteiger partial charge in [-0.2, -0.15) is 0 Å². The number of likely N-dealkylation sites (tertiary alicyclic amines) is 1. The minimum absolute atomic E-state index is 0.159. The molecule has 27 heavy (non-hydrogen) atoms. The monoisotopic (exact) mass is 372 g/mol. The number of aliphatic hydroxyl groups excluding tert-OH is 1. The summed E-state index contributed by atoms with van der Waals surface area (Å²) in [5.74, 6) is 1.19. The van der Waals surface area contributed by atoms with Gasteiger partial charge >= 0.3 is 0 Å². The maximum atomic E-state index is 9.98. The normalized spacial score (nSPS) is 24.1. The summed E-state index contributed by atoms with van der Waals surface area (Å²) < 4.78 is 0. The van der Waals surface area contributed by atoms with E-state index in [4.69, 9.17) is 4.99 Å². The summed E-state index contributed by atoms with van der Waals surface area (Å²) in [5.41, 5.74) is 2.63. The first kappa shape index (κ1) is 20.2. The Kier molecular flexibility index (Phi) is 7.96. The molecule has 5 heteroatoms. The van der Waals surface area contributed by atoms with Gasteiger partial charge in [-0.25, -0.2) is 4.99 Å². The van der Waals surface area contributed by atoms with Crippen LogP contribution in [0.2, 0.25) is 0 Å². The van der Waals surface area contributed by atoms with E-state index in [1.807, 2.05) is 0 Å². The molecule has 1 heterocycles. The third-order valence-corrected chi connectivity index (χ3v) is 5.79. The average molecular weight is 373 g/mol. The van der Waals surface area contributed by atoms with E-state index in [1.165, 1.54) is 43.5 Å². The third kappa shape index (κ3) is 6.51. The van der Waals surface area contributed by atoms with Crippen molar-refractivity contribution in [3.63, 3.8) is 0 Å². The third-order valence-electron chi connectivity index (χ3n) is 5.79. The average Bonchev–Trinajstić information content (AvgIpc) is 3.11. The molecule has 1 saturated heterocycles. The van der Waals surface area contributed by atoms with Crippen molar-refractivity contribution in [1.82, 2.24) is 15.5 Å². The van der Waals surface area contributed by atoms with Crippen LogP contribution >= 0.6 is 0 Å². The molecule has 0 amide bonds. The maximum Gasteiger partial charge on any atom is 0.191 e. The van der Waals surface area contributed by atoms with Gasteiger partial charge in [0.15, 0.2) is 5.96 Å². The van der Waals surface area contributed by atoms with Crippen LogP contribution in [0.15, 0.2) is 29.3 Å². The molecule has 0 spiro atoms. The molecule has 1 aromatic carbocycles. The highest BCUT2D eigenvalue weighted by Crippen LogP contribution is 2.24. The zero-order valence-corrected chi connectivity index (χ0v) is 16.8. The highest BCUT2D eigenvalue weighted by atomic mass is 16.3. The number of nitrogens with zero attached hydrogens (tertiary/aromatic N) is 2. The van der Waals surface area contributed by atoms with Crippen molar-refractivity contribution in [3.8, 4) is 0 Å². The molecular weight excluding hydrogens is 336 g/mol. The predicted molar refractivity (Wildman–Crippen MR) is 112 cm³/mol. The SMILES string of the molecule is CCNC(=NCc1ccc(CN2CCCCC2)cc1)NCC1CCCC1O. The maximum absolute atomic E-state index is 9.98. The van der Waals surface area contributed by atoms with Gasteiger partial charge in [0.2, 0.25) is 0 Å². The van der Waals surface area contributed by atoms with Gasteiger partial charge in [-0.05, 0) is 56.8 Å². The van der Waals surface area contributed by atoms with E-state index in [2.05, 4.69) is 46.7 Å². The highest BCUT2D eigenvalue weighted by molar-refractivity contribution is 5.79. The lowest BCUT2D eigenvalue weighted by Crippen LogP contribution is -2.41. The fraction of sp³-hybridized carbons (Fsp3) is 0.682. The van der Waals surface area contributed by atoms with Crippen molar-refractivity contribution in [2.75, 3.05) is 26.2 Å². The summed E-state index contributed by atoms with van der Waals surface area (Å²) in [7, 11) is 0. The Morgan fingerprint density at radius 3 is 2.44 bits per heavy atom. The first-order valence-electron chi connectivity index (χ1n) is 10.7. The van der Waals surface area contributed by atoms with Crippen LogP contribution in [0.1, 0.15) is 56.6 Å². The molecule has 150 valence electrons. The largest absolute Gasteiger partial charge is 0.393 e. The molecule has 1 aromatic rings. The van der Waals surface area contributed by atoms with Crippen molar-refractivity contribution < 1.29 is 5.11 Å². The van der Waals surface area contributed by atoms with Crippen LogP contribution in [0.4, 0.5) is 0 Å². The first-order valence-corrected chi connectivity index (χ1v) is 10.7. The van der Waals surface area contributed by atoms with Crippen molar-refractivity contribution in [2.45, 2.75) is 64.6 Å². The van der Waals surface area contributed by atoms with Gasteiger partial charge in [-0.15, -0.1) is 0 Å². The minimum atomic E-state index is -0.159. The van der Waals surface area contributed by atoms with Gasteiger partial charge in [0.1, 0.15) is 0 Å². The lowest BCUT2D eigenvalue weighted by Gasteiger charge is -2.26. The van der Waals surface area contributed by atoms with E-state index in [0.717, 1.165) is 44.9 Å². The fourth-order valence-electron chi connectivity index (χ4n) is 4.12. The highest BCUT2D eigenvalue weighted by Gasteiger charge is 2.24. The number of hydrogen-bond donors (Lipinski definition) is 3. The Morgan fingerprint density at radius 2 is 1.78 bits per heavy atom. The fourth-order valence-corrected chi connectivity index (χ4v) is 4.12. The molecule has 2 fully saturated rings. The number of aliphatic hydroxyl groups is 1. The van der Waals surface area contributed by atoms with Crippen LogP contribution in [-0.2, 0) is 13.1 Å². The molecule has 1 aliphatic heterocycles. The summed E-state index contributed by atoms with van der Waals surface area (Å²) in [6, 6.07) is 8.89. The van der Waals surface area contributed by atoms with Crippen LogP contribution in [0.5, 0.6) is 0 Å². The number of nitrogens with one attached hydrogen (secondary N) is 2. The van der Waals surface area contributed by atoms with Crippen LogP contribution in [0.3, 0.4) is 0 Å². The van der Waals surface area contributed by atoms with Crippen molar-refractivity contribution in [1.29, 1.82) is 0 Å². The molecule has 1 aliphatic carbocycles. The van der Waals surface area contributed by atoms with E-state index in [9.17, 15) is 5.11 Å². The molecule has 3 N–H and O–H groups in total. The van der Waals surface area contributed by atoms with Crippen LogP contribution in [0, 0.1) is 5.92 Å². The number of hydrogen-bond acceptors (Lipinski definition) is 3. The zero-order chi connectivity index (χ0) is 18.9. The molecule has 0 radical (unpaired) electrons. The Morgan fingerprint density at radius 1 is 1.04 bits per heavy atom. The van der Waals surface area contributed by atoms with E-state index in [0.29, 0.717) is 12.5 Å². The molecule has 0 bridgehead atoms. The lowest BCUT2D eigenvalue weighted by atomic mass is 10.1. The number of guanidine groups is 1. The van der Waals surface area contributed by atoms with Gasteiger partial charge in [-0.3, -0.25) is 4.90 Å². The number of aliphatic imine (C=N–C) groups is 1. The molecule has 0 aromatic heterocycles. The summed E-state index contributed by atoms with van der Waals surface area (Å²) >= 11 is 0. The number of piperidine rings is 1. The van der Waals surface area contributed by atoms with Crippen LogP contribution < -0.4 is 10.6 Å². The second-order valence-corrected chi connectivity index (χ2v) is 7.99. The van der Waals surface area contributed by atoms with E-state index >= 15 is 0 Å². The first-order chi connectivity index (χ1) is 13.2. The zero-order valence-electron chi connectivity index (χ0n) is 16.8. The van der Waals surface area contributed by atoms with Crippen molar-refractivity contribution in [3.05, 3.63) is 35.4 Å². The van der Waals surface area contributed by atoms with E-state index in [1.54, 1.807) is 0 Å². The second-order valence-electron chi connectivity index (χ2n) is 7.99. The predicted octanol–water partition coefficient (Wildman–Crippen LogP) is 2.89. The summed E-state index contributed by atoms with van der Waals surface area (Å²) in [5, 5.41) is 16.7. The molecule has 2 unspecified atom stereocenters. The number of benzene rings is 1. The Balaban J connectivity index is 1.49. The molecule has 3 rings (SSSR count). The van der Waals surface area contributed by atoms with E-state index in [-0.39, 0.29) is 6.10 Å². The van der Waals surface area contributed by atoms with Crippen molar-refractivity contribution >= 4 is 5.96 Å². The van der Waals surface area contributed by atoms with Gasteiger partial charge in [-0.1, -0.05) is 37.1 Å². The molecule has 2 aliphatic rings. The van der Waals surface area contributed by atoms with E-state index < -0.39 is 0 Å². The molecular formula is C22H36N4O. The van der Waals surface area contributed by atoms with Crippen LogP contribution in [0.25, 0.3) is 0 Å². The van der Waals surface area contributed by atoms with Crippen molar-refractivity contribution in [2.24, 2.45) is 10.9 Å². The Labute approximate surface area is 164 Å².